The van der Waals surface area contributed by atoms with Crippen LogP contribution in [0.25, 0.3) is 0 Å². The summed E-state index contributed by atoms with van der Waals surface area (Å²) < 4.78 is 0. The van der Waals surface area contributed by atoms with E-state index >= 15 is 0 Å². The van der Waals surface area contributed by atoms with Crippen molar-refractivity contribution in [3.05, 3.63) is 65.2 Å². The number of rotatable bonds is 1. The van der Waals surface area contributed by atoms with Crippen LogP contribution in [0.4, 0.5) is 5.69 Å². The molecule has 0 atom stereocenters. The van der Waals surface area contributed by atoms with E-state index in [2.05, 4.69) is 4.99 Å². The van der Waals surface area contributed by atoms with Crippen molar-refractivity contribution in [3.63, 3.8) is 0 Å². The van der Waals surface area contributed by atoms with Gasteiger partial charge in [0, 0.05) is 5.56 Å². The molecule has 2 nitrogen and oxygen atoms in total. The van der Waals surface area contributed by atoms with Crippen LogP contribution in [0.15, 0.2) is 53.5 Å². The van der Waals surface area contributed by atoms with E-state index in [1.807, 2.05) is 55.5 Å². The summed E-state index contributed by atoms with van der Waals surface area (Å²) >= 11 is 0. The number of nitrogens with zero attached hydrogens (tertiary/aromatic N) is 1. The summed E-state index contributed by atoms with van der Waals surface area (Å²) in [6, 6.07) is 15.7. The van der Waals surface area contributed by atoms with E-state index in [1.54, 1.807) is 0 Å². The zero-order valence-corrected chi connectivity index (χ0v) is 10.2. The Morgan fingerprint density at radius 1 is 1.00 bits per heavy atom. The minimum atomic E-state index is 0.149. The van der Waals surface area contributed by atoms with Gasteiger partial charge >= 0.3 is 0 Å². The van der Waals surface area contributed by atoms with Crippen molar-refractivity contribution in [2.75, 3.05) is 0 Å². The van der Waals surface area contributed by atoms with Crippen molar-refractivity contribution in [2.45, 2.75) is 13.3 Å². The Hall–Kier alpha value is -2.22. The van der Waals surface area contributed by atoms with Crippen LogP contribution in [0, 0.1) is 6.92 Å². The maximum Gasteiger partial charge on any atom is 0.171 e. The van der Waals surface area contributed by atoms with Crippen LogP contribution >= 0.6 is 0 Å². The van der Waals surface area contributed by atoms with Crippen molar-refractivity contribution in [3.8, 4) is 0 Å². The van der Waals surface area contributed by atoms with Crippen LogP contribution in [0.3, 0.4) is 0 Å². The molecule has 2 aromatic carbocycles. The molecule has 0 saturated carbocycles. The highest BCUT2D eigenvalue weighted by atomic mass is 16.1. The van der Waals surface area contributed by atoms with Gasteiger partial charge in [0.15, 0.2) is 5.78 Å². The van der Waals surface area contributed by atoms with Crippen LogP contribution < -0.4 is 0 Å². The Morgan fingerprint density at radius 2 is 1.72 bits per heavy atom. The molecule has 0 fully saturated rings. The molecule has 1 aliphatic rings. The number of para-hydroxylation sites is 1. The number of carbonyl (C=O) groups excluding carboxylic acids is 1. The van der Waals surface area contributed by atoms with Gasteiger partial charge in [-0.2, -0.15) is 0 Å². The summed E-state index contributed by atoms with van der Waals surface area (Å²) in [6.45, 7) is 2.05. The van der Waals surface area contributed by atoms with E-state index in [0.717, 1.165) is 22.5 Å². The van der Waals surface area contributed by atoms with E-state index < -0.39 is 0 Å². The Morgan fingerprint density at radius 3 is 2.50 bits per heavy atom. The topological polar surface area (TPSA) is 29.4 Å². The standard InChI is InChI=1S/C16H13NO/c1-11-6-8-12(9-7-11)15-10-16(18)13-4-2-3-5-14(13)17-15/h2-9H,10H2,1H3. The van der Waals surface area contributed by atoms with E-state index in [1.165, 1.54) is 5.56 Å². The number of ketones is 1. The molecule has 3 rings (SSSR count). The second-order valence-corrected chi connectivity index (χ2v) is 4.54. The molecular weight excluding hydrogens is 222 g/mol. The summed E-state index contributed by atoms with van der Waals surface area (Å²) in [7, 11) is 0. The third kappa shape index (κ3) is 1.86. The van der Waals surface area contributed by atoms with Gasteiger partial charge in [-0.05, 0) is 24.6 Å². The molecule has 1 heterocycles. The van der Waals surface area contributed by atoms with E-state index in [0.29, 0.717) is 6.42 Å². The molecule has 1 aliphatic heterocycles. The van der Waals surface area contributed by atoms with Crippen LogP contribution in [0.2, 0.25) is 0 Å². The van der Waals surface area contributed by atoms with E-state index in [9.17, 15) is 4.79 Å². The SMILES string of the molecule is Cc1ccc(C2=Nc3ccccc3C(=O)C2)cc1. The lowest BCUT2D eigenvalue weighted by Crippen LogP contribution is -2.14. The Bertz CT molecular complexity index is 638. The molecule has 0 N–H and O–H groups in total. The van der Waals surface area contributed by atoms with Crippen molar-refractivity contribution in [1.29, 1.82) is 0 Å². The second-order valence-electron chi connectivity index (χ2n) is 4.54. The summed E-state index contributed by atoms with van der Waals surface area (Å²) in [4.78, 5) is 16.6. The molecule has 2 heteroatoms. The quantitative estimate of drug-likeness (QED) is 0.741. The summed E-state index contributed by atoms with van der Waals surface area (Å²) in [5.41, 5.74) is 4.61. The van der Waals surface area contributed by atoms with Crippen molar-refractivity contribution in [2.24, 2.45) is 4.99 Å². The molecule has 0 aromatic heterocycles. The lowest BCUT2D eigenvalue weighted by Gasteiger charge is -2.14. The summed E-state index contributed by atoms with van der Waals surface area (Å²) in [5, 5.41) is 0. The maximum atomic E-state index is 12.1. The van der Waals surface area contributed by atoms with Gasteiger partial charge in [-0.3, -0.25) is 9.79 Å². The first-order chi connectivity index (χ1) is 8.74. The van der Waals surface area contributed by atoms with Crippen LogP contribution in [-0.4, -0.2) is 11.5 Å². The zero-order chi connectivity index (χ0) is 12.5. The average Bonchev–Trinajstić information content (AvgIpc) is 2.39. The van der Waals surface area contributed by atoms with Crippen molar-refractivity contribution < 1.29 is 4.79 Å². The first-order valence-corrected chi connectivity index (χ1v) is 6.01. The number of aryl methyl sites for hydroxylation is 1. The molecule has 0 radical (unpaired) electrons. The first kappa shape index (κ1) is 10.9. The maximum absolute atomic E-state index is 12.1. The van der Waals surface area contributed by atoms with Crippen molar-refractivity contribution >= 4 is 17.2 Å². The van der Waals surface area contributed by atoms with Gasteiger partial charge in [-0.15, -0.1) is 0 Å². The fraction of sp³-hybridized carbons (Fsp3) is 0.125. The third-order valence-corrected chi connectivity index (χ3v) is 3.17. The molecule has 0 aliphatic carbocycles. The van der Waals surface area contributed by atoms with Gasteiger partial charge in [0.2, 0.25) is 0 Å². The lowest BCUT2D eigenvalue weighted by atomic mass is 9.96. The van der Waals surface area contributed by atoms with Gasteiger partial charge < -0.3 is 0 Å². The minimum absolute atomic E-state index is 0.149. The Labute approximate surface area is 106 Å². The molecule has 0 unspecified atom stereocenters. The van der Waals surface area contributed by atoms with Crippen LogP contribution in [-0.2, 0) is 0 Å². The monoisotopic (exact) mass is 235 g/mol. The molecule has 0 spiro atoms. The highest BCUT2D eigenvalue weighted by Gasteiger charge is 2.20. The van der Waals surface area contributed by atoms with Gasteiger partial charge in [0.1, 0.15) is 0 Å². The number of hydrogen-bond donors (Lipinski definition) is 0. The Balaban J connectivity index is 2.08. The smallest absolute Gasteiger partial charge is 0.171 e. The molecule has 18 heavy (non-hydrogen) atoms. The fourth-order valence-corrected chi connectivity index (χ4v) is 2.15. The number of benzene rings is 2. The highest BCUT2D eigenvalue weighted by molar-refractivity contribution is 6.20. The molecular formula is C16H13NO. The summed E-state index contributed by atoms with van der Waals surface area (Å²) in [5.74, 6) is 0.149. The average molecular weight is 235 g/mol. The number of fused-ring (bicyclic) bond motifs is 1. The minimum Gasteiger partial charge on any atom is -0.294 e. The number of hydrogen-bond acceptors (Lipinski definition) is 2. The number of Topliss-reactive ketones (excluding diaryl/α,β-unsaturated/α-hetero) is 1. The van der Waals surface area contributed by atoms with Gasteiger partial charge in [0.05, 0.1) is 17.8 Å². The fourth-order valence-electron chi connectivity index (χ4n) is 2.15. The summed E-state index contributed by atoms with van der Waals surface area (Å²) in [6.07, 6.45) is 0.389. The highest BCUT2D eigenvalue weighted by Crippen LogP contribution is 2.27. The number of carbonyl (C=O) groups is 1. The van der Waals surface area contributed by atoms with Gasteiger partial charge in [-0.25, -0.2) is 0 Å². The van der Waals surface area contributed by atoms with E-state index in [-0.39, 0.29) is 5.78 Å². The molecule has 88 valence electrons. The van der Waals surface area contributed by atoms with Crippen LogP contribution in [0.1, 0.15) is 27.9 Å². The van der Waals surface area contributed by atoms with Gasteiger partial charge in [-0.1, -0.05) is 42.0 Å². The predicted octanol–water partition coefficient (Wildman–Crippen LogP) is 3.70. The Kier molecular flexibility index (Phi) is 2.56. The van der Waals surface area contributed by atoms with E-state index in [4.69, 9.17) is 0 Å². The van der Waals surface area contributed by atoms with Crippen LogP contribution in [0.5, 0.6) is 0 Å². The normalized spacial score (nSPS) is 14.1. The molecule has 2 aromatic rings. The molecule has 0 saturated heterocycles. The molecule has 0 bridgehead atoms. The number of aliphatic imine (C=N–C) groups is 1. The van der Waals surface area contributed by atoms with Crippen molar-refractivity contribution in [1.82, 2.24) is 0 Å². The molecule has 0 amide bonds. The second kappa shape index (κ2) is 4.22. The predicted molar refractivity (Wildman–Crippen MR) is 72.8 cm³/mol. The largest absolute Gasteiger partial charge is 0.294 e. The lowest BCUT2D eigenvalue weighted by molar-refractivity contribution is 0.1000. The zero-order valence-electron chi connectivity index (χ0n) is 10.2. The third-order valence-electron chi connectivity index (χ3n) is 3.17. The first-order valence-electron chi connectivity index (χ1n) is 6.01. The van der Waals surface area contributed by atoms with Gasteiger partial charge in [0.25, 0.3) is 0 Å².